The largest absolute Gasteiger partial charge is 0.207 e. The molecule has 1 rings (SSSR count). The Labute approximate surface area is 81.8 Å². The molecule has 1 aromatic carbocycles. The molecule has 0 atom stereocenters. The van der Waals surface area contributed by atoms with Crippen molar-refractivity contribution in [3.63, 3.8) is 0 Å². The summed E-state index contributed by atoms with van der Waals surface area (Å²) in [6.07, 6.45) is 0. The minimum atomic E-state index is -0.245. The van der Waals surface area contributed by atoms with Gasteiger partial charge in [0, 0.05) is 10.2 Å². The summed E-state index contributed by atoms with van der Waals surface area (Å²) in [5.74, 6) is -0.245. The number of alkyl halides is 1. The summed E-state index contributed by atoms with van der Waals surface area (Å²) in [6.45, 7) is 0. The van der Waals surface area contributed by atoms with Crippen molar-refractivity contribution in [2.45, 2.75) is 10.2 Å². The van der Waals surface area contributed by atoms with Crippen molar-refractivity contribution in [2.24, 2.45) is 0 Å². The first-order valence-corrected chi connectivity index (χ1v) is 5.66. The van der Waals surface area contributed by atoms with Crippen LogP contribution in [0, 0.1) is 5.82 Å². The monoisotopic (exact) mass is 254 g/mol. The van der Waals surface area contributed by atoms with Crippen LogP contribution in [0.5, 0.6) is 0 Å². The van der Waals surface area contributed by atoms with Crippen molar-refractivity contribution < 1.29 is 4.39 Å². The van der Waals surface area contributed by atoms with Gasteiger partial charge in [0.15, 0.2) is 0 Å². The Kier molecular flexibility index (Phi) is 3.69. The van der Waals surface area contributed by atoms with Crippen LogP contribution in [0.4, 0.5) is 4.39 Å². The van der Waals surface area contributed by atoms with Crippen LogP contribution in [0.25, 0.3) is 0 Å². The van der Waals surface area contributed by atoms with Crippen molar-refractivity contribution in [1.29, 1.82) is 0 Å². The van der Waals surface area contributed by atoms with Gasteiger partial charge in [-0.3, -0.25) is 0 Å². The first-order valence-electron chi connectivity index (χ1n) is 2.90. The lowest BCUT2D eigenvalue weighted by Gasteiger charge is -1.98. The Bertz CT molecular complexity index is 232. The molecule has 0 aliphatic heterocycles. The van der Waals surface area contributed by atoms with Crippen molar-refractivity contribution >= 4 is 37.6 Å². The van der Waals surface area contributed by atoms with Gasteiger partial charge in [0.25, 0.3) is 0 Å². The summed E-state index contributed by atoms with van der Waals surface area (Å²) in [5.41, 5.74) is 0.896. The predicted molar refractivity (Wildman–Crippen MR) is 50.7 cm³/mol. The van der Waals surface area contributed by atoms with Gasteiger partial charge in [-0.2, -0.15) is 0 Å². The average molecular weight is 256 g/mol. The van der Waals surface area contributed by atoms with Gasteiger partial charge in [0.05, 0.1) is 0 Å². The standard InChI is InChI=1S/C7H5BrClFS/c8-4-5-1-6(10)3-7(2-5)11-9/h1-3H,4H2. The number of hydrogen-bond donors (Lipinski definition) is 0. The SMILES string of the molecule is Fc1cc(CBr)cc(SCl)c1. The molecule has 0 bridgehead atoms. The average Bonchev–Trinajstić information content (AvgIpc) is 2.03. The van der Waals surface area contributed by atoms with E-state index in [4.69, 9.17) is 10.7 Å². The second-order valence-electron chi connectivity index (χ2n) is 2.01. The molecule has 0 N–H and O–H groups in total. The van der Waals surface area contributed by atoms with E-state index in [1.54, 1.807) is 0 Å². The smallest absolute Gasteiger partial charge is 0.124 e. The Morgan fingerprint density at radius 1 is 1.45 bits per heavy atom. The Morgan fingerprint density at radius 2 is 2.18 bits per heavy atom. The zero-order chi connectivity index (χ0) is 8.27. The van der Waals surface area contributed by atoms with E-state index in [0.29, 0.717) is 5.33 Å². The Balaban J connectivity index is 3.02. The number of halogens is 3. The lowest BCUT2D eigenvalue weighted by atomic mass is 10.2. The lowest BCUT2D eigenvalue weighted by molar-refractivity contribution is 0.623. The molecule has 0 saturated carbocycles. The number of hydrogen-bond acceptors (Lipinski definition) is 1. The molecule has 1 aromatic rings. The van der Waals surface area contributed by atoms with Crippen molar-refractivity contribution in [2.75, 3.05) is 0 Å². The third-order valence-electron chi connectivity index (χ3n) is 1.17. The molecule has 0 aliphatic rings. The fourth-order valence-corrected chi connectivity index (χ4v) is 1.69. The quantitative estimate of drug-likeness (QED) is 0.721. The van der Waals surface area contributed by atoms with Gasteiger partial charge < -0.3 is 0 Å². The van der Waals surface area contributed by atoms with Crippen LogP contribution in [0.3, 0.4) is 0 Å². The second kappa shape index (κ2) is 4.33. The van der Waals surface area contributed by atoms with E-state index in [2.05, 4.69) is 15.9 Å². The molecule has 0 nitrogen and oxygen atoms in total. The predicted octanol–water partition coefficient (Wildman–Crippen LogP) is 3.97. The highest BCUT2D eigenvalue weighted by atomic mass is 79.9. The molecule has 0 spiro atoms. The van der Waals surface area contributed by atoms with Crippen LogP contribution in [-0.4, -0.2) is 0 Å². The van der Waals surface area contributed by atoms with Gasteiger partial charge in [0.1, 0.15) is 5.82 Å². The van der Waals surface area contributed by atoms with Gasteiger partial charge >= 0.3 is 0 Å². The number of benzene rings is 1. The van der Waals surface area contributed by atoms with E-state index < -0.39 is 0 Å². The molecule has 0 radical (unpaired) electrons. The molecular weight excluding hydrogens is 250 g/mol. The van der Waals surface area contributed by atoms with Crippen molar-refractivity contribution in [3.8, 4) is 0 Å². The van der Waals surface area contributed by atoms with Gasteiger partial charge in [0.2, 0.25) is 0 Å². The summed E-state index contributed by atoms with van der Waals surface area (Å²) < 4.78 is 12.7. The van der Waals surface area contributed by atoms with Crippen LogP contribution in [0.2, 0.25) is 0 Å². The highest BCUT2D eigenvalue weighted by Gasteiger charge is 1.98. The minimum absolute atomic E-state index is 0.245. The molecule has 4 heteroatoms. The fraction of sp³-hybridized carbons (Fsp3) is 0.143. The van der Waals surface area contributed by atoms with Crippen LogP contribution in [0.1, 0.15) is 5.56 Å². The molecule has 60 valence electrons. The molecule has 0 amide bonds. The molecule has 0 aromatic heterocycles. The maximum atomic E-state index is 12.7. The normalized spacial score (nSPS) is 10.1. The number of rotatable bonds is 2. The van der Waals surface area contributed by atoms with E-state index in [9.17, 15) is 4.39 Å². The van der Waals surface area contributed by atoms with Crippen molar-refractivity contribution in [1.82, 2.24) is 0 Å². The highest BCUT2D eigenvalue weighted by molar-refractivity contribution is 9.08. The maximum absolute atomic E-state index is 12.7. The van der Waals surface area contributed by atoms with Gasteiger partial charge in [-0.1, -0.05) is 15.9 Å². The van der Waals surface area contributed by atoms with Crippen LogP contribution in [0.15, 0.2) is 23.1 Å². The molecule has 0 fully saturated rings. The second-order valence-corrected chi connectivity index (χ2v) is 3.66. The zero-order valence-corrected chi connectivity index (χ0v) is 8.64. The summed E-state index contributed by atoms with van der Waals surface area (Å²) in [6, 6.07) is 4.73. The highest BCUT2D eigenvalue weighted by Crippen LogP contribution is 2.24. The molecule has 0 saturated heterocycles. The molecule has 11 heavy (non-hydrogen) atoms. The van der Waals surface area contributed by atoms with Crippen LogP contribution >= 0.6 is 37.6 Å². The first-order chi connectivity index (χ1) is 5.26. The molecular formula is C7H5BrClFS. The topological polar surface area (TPSA) is 0 Å². The van der Waals surface area contributed by atoms with Crippen molar-refractivity contribution in [3.05, 3.63) is 29.6 Å². The third kappa shape index (κ3) is 2.65. The summed E-state index contributed by atoms with van der Waals surface area (Å²) in [4.78, 5) is 0.737. The zero-order valence-electron chi connectivity index (χ0n) is 5.48. The molecule has 0 aliphatic carbocycles. The summed E-state index contributed by atoms with van der Waals surface area (Å²) in [5, 5.41) is 0.648. The van der Waals surface area contributed by atoms with E-state index in [1.807, 2.05) is 6.07 Å². The molecule has 0 unspecified atom stereocenters. The van der Waals surface area contributed by atoms with Gasteiger partial charge in [-0.05, 0) is 45.4 Å². The summed E-state index contributed by atoms with van der Waals surface area (Å²) >= 11 is 3.24. The van der Waals surface area contributed by atoms with E-state index in [1.165, 1.54) is 12.1 Å². The van der Waals surface area contributed by atoms with E-state index in [0.717, 1.165) is 21.4 Å². The first kappa shape index (κ1) is 9.36. The van der Waals surface area contributed by atoms with E-state index in [-0.39, 0.29) is 5.82 Å². The molecule has 0 heterocycles. The summed E-state index contributed by atoms with van der Waals surface area (Å²) in [7, 11) is 6.49. The third-order valence-corrected chi connectivity index (χ3v) is 2.77. The van der Waals surface area contributed by atoms with Gasteiger partial charge in [-0.25, -0.2) is 4.39 Å². The van der Waals surface area contributed by atoms with Crippen LogP contribution in [-0.2, 0) is 5.33 Å². The van der Waals surface area contributed by atoms with Gasteiger partial charge in [-0.15, -0.1) is 0 Å². The Hall–Kier alpha value is 0.270. The van der Waals surface area contributed by atoms with E-state index >= 15 is 0 Å². The lowest BCUT2D eigenvalue weighted by Crippen LogP contribution is -1.81. The Morgan fingerprint density at radius 3 is 2.73 bits per heavy atom. The maximum Gasteiger partial charge on any atom is 0.124 e. The van der Waals surface area contributed by atoms with Crippen LogP contribution < -0.4 is 0 Å². The minimum Gasteiger partial charge on any atom is -0.207 e. The fourth-order valence-electron chi connectivity index (χ4n) is 0.742.